The molecule has 0 aliphatic carbocycles. The topological polar surface area (TPSA) is 71.2 Å². The van der Waals surface area contributed by atoms with Crippen LogP contribution in [0.2, 0.25) is 0 Å². The fourth-order valence-electron chi connectivity index (χ4n) is 2.77. The monoisotopic (exact) mass is 382 g/mol. The zero-order valence-corrected chi connectivity index (χ0v) is 15.6. The highest BCUT2D eigenvalue weighted by molar-refractivity contribution is 5.85. The Labute approximate surface area is 160 Å². The van der Waals surface area contributed by atoms with Gasteiger partial charge in [0.1, 0.15) is 11.9 Å². The summed E-state index contributed by atoms with van der Waals surface area (Å²) >= 11 is 0. The van der Waals surface area contributed by atoms with Gasteiger partial charge in [-0.3, -0.25) is 4.79 Å². The molecule has 0 saturated carbocycles. The van der Waals surface area contributed by atoms with Crippen molar-refractivity contribution >= 4 is 36.5 Å². The van der Waals surface area contributed by atoms with E-state index in [-0.39, 0.29) is 30.7 Å². The molecule has 3 N–H and O–H groups in total. The lowest BCUT2D eigenvalue weighted by atomic mass is 10.1. The molecular weight excluding hydrogens is 359 g/mol. The molecule has 0 spiro atoms. The number of rotatable bonds is 5. The third kappa shape index (κ3) is 5.59. The lowest BCUT2D eigenvalue weighted by Gasteiger charge is -2.16. The third-order valence-corrected chi connectivity index (χ3v) is 4.15. The predicted octanol–water partition coefficient (Wildman–Crippen LogP) is 2.84. The molecule has 5 nitrogen and oxygen atoms in total. The molecule has 1 aliphatic heterocycles. The average Bonchev–Trinajstić information content (AvgIpc) is 3.15. The third-order valence-electron chi connectivity index (χ3n) is 4.15. The summed E-state index contributed by atoms with van der Waals surface area (Å²) in [6.07, 6.45) is 4.29. The number of aromatic nitrogens is 1. The van der Waals surface area contributed by atoms with Crippen molar-refractivity contribution in [2.75, 3.05) is 18.0 Å². The smallest absolute Gasteiger partial charge is 0.241 e. The molecule has 1 aromatic carbocycles. The zero-order valence-electron chi connectivity index (χ0n) is 13.9. The van der Waals surface area contributed by atoms with E-state index in [0.29, 0.717) is 6.54 Å². The number of carbonyl (C=O) groups excluding carboxylic acids is 1. The summed E-state index contributed by atoms with van der Waals surface area (Å²) in [6, 6.07) is 12.8. The van der Waals surface area contributed by atoms with Crippen molar-refractivity contribution in [1.82, 2.24) is 10.3 Å². The molecule has 7 heteroatoms. The number of pyridine rings is 1. The van der Waals surface area contributed by atoms with Crippen molar-refractivity contribution in [3.63, 3.8) is 0 Å². The van der Waals surface area contributed by atoms with Gasteiger partial charge in [0.15, 0.2) is 0 Å². The van der Waals surface area contributed by atoms with Crippen LogP contribution in [0.15, 0.2) is 48.7 Å². The molecule has 136 valence electrons. The first kappa shape index (κ1) is 21.2. The normalized spacial score (nSPS) is 14.2. The largest absolute Gasteiger partial charge is 0.357 e. The van der Waals surface area contributed by atoms with E-state index in [4.69, 9.17) is 5.73 Å². The quantitative estimate of drug-likeness (QED) is 0.833. The minimum absolute atomic E-state index is 0. The Morgan fingerprint density at radius 2 is 1.80 bits per heavy atom. The minimum Gasteiger partial charge on any atom is -0.357 e. The number of anilines is 1. The van der Waals surface area contributed by atoms with Crippen molar-refractivity contribution < 1.29 is 4.79 Å². The van der Waals surface area contributed by atoms with Gasteiger partial charge in [0.2, 0.25) is 5.91 Å². The molecule has 25 heavy (non-hydrogen) atoms. The number of nitrogens with zero attached hydrogens (tertiary/aromatic N) is 2. The zero-order chi connectivity index (χ0) is 16.1. The molecule has 1 atom stereocenters. The highest BCUT2D eigenvalue weighted by Gasteiger charge is 2.15. The van der Waals surface area contributed by atoms with Crippen molar-refractivity contribution in [2.24, 2.45) is 5.73 Å². The second-order valence-corrected chi connectivity index (χ2v) is 5.82. The lowest BCUT2D eigenvalue weighted by Crippen LogP contribution is -2.33. The molecule has 2 heterocycles. The van der Waals surface area contributed by atoms with Crippen molar-refractivity contribution in [1.29, 1.82) is 0 Å². The van der Waals surface area contributed by atoms with Crippen molar-refractivity contribution in [3.8, 4) is 0 Å². The highest BCUT2D eigenvalue weighted by Crippen LogP contribution is 2.17. The Balaban J connectivity index is 0.00000156. The second-order valence-electron chi connectivity index (χ2n) is 5.82. The van der Waals surface area contributed by atoms with Gasteiger partial charge in [0.25, 0.3) is 0 Å². The summed E-state index contributed by atoms with van der Waals surface area (Å²) in [5.41, 5.74) is 7.76. The summed E-state index contributed by atoms with van der Waals surface area (Å²) < 4.78 is 0. The molecule has 1 aliphatic rings. The van der Waals surface area contributed by atoms with Crippen LogP contribution in [0.1, 0.15) is 30.0 Å². The van der Waals surface area contributed by atoms with Gasteiger partial charge in [0, 0.05) is 25.8 Å². The number of halogens is 2. The van der Waals surface area contributed by atoms with Crippen LogP contribution in [0.3, 0.4) is 0 Å². The lowest BCUT2D eigenvalue weighted by molar-refractivity contribution is -0.122. The Morgan fingerprint density at radius 3 is 2.40 bits per heavy atom. The number of benzene rings is 1. The summed E-state index contributed by atoms with van der Waals surface area (Å²) in [5.74, 6) is 0.832. The van der Waals surface area contributed by atoms with Crippen molar-refractivity contribution in [2.45, 2.75) is 25.4 Å². The van der Waals surface area contributed by atoms with Crippen LogP contribution < -0.4 is 16.0 Å². The first-order valence-electron chi connectivity index (χ1n) is 8.02. The van der Waals surface area contributed by atoms with Gasteiger partial charge in [-0.1, -0.05) is 36.4 Å². The second kappa shape index (κ2) is 10.2. The molecule has 1 fully saturated rings. The van der Waals surface area contributed by atoms with Crippen LogP contribution in [0.25, 0.3) is 0 Å². The van der Waals surface area contributed by atoms with E-state index in [1.807, 2.05) is 48.7 Å². The van der Waals surface area contributed by atoms with Crippen LogP contribution >= 0.6 is 24.8 Å². The molecule has 0 bridgehead atoms. The fraction of sp³-hybridized carbons (Fsp3) is 0.333. The first-order chi connectivity index (χ1) is 11.2. The standard InChI is InChI=1S/C18H22N4O.2ClH/c19-17(15-6-2-1-3-7-15)18(23)21-13-14-8-9-16(20-12-14)22-10-4-5-11-22;;/h1-3,6-9,12,17H,4-5,10-11,13,19H2,(H,21,23);2*1H. The van der Waals surface area contributed by atoms with Gasteiger partial charge < -0.3 is 16.0 Å². The molecule has 0 radical (unpaired) electrons. The molecule has 2 aromatic rings. The number of nitrogens with one attached hydrogen (secondary N) is 1. The summed E-state index contributed by atoms with van der Waals surface area (Å²) in [7, 11) is 0. The summed E-state index contributed by atoms with van der Waals surface area (Å²) in [4.78, 5) is 18.9. The van der Waals surface area contributed by atoms with Crippen LogP contribution in [-0.2, 0) is 11.3 Å². The van der Waals surface area contributed by atoms with Crippen LogP contribution in [0, 0.1) is 0 Å². The van der Waals surface area contributed by atoms with Gasteiger partial charge in [-0.2, -0.15) is 0 Å². The number of amides is 1. The van der Waals surface area contributed by atoms with Crippen LogP contribution in [-0.4, -0.2) is 24.0 Å². The number of carbonyl (C=O) groups is 1. The van der Waals surface area contributed by atoms with E-state index in [1.54, 1.807) is 0 Å². The Hall–Kier alpha value is -1.82. The van der Waals surface area contributed by atoms with E-state index >= 15 is 0 Å². The van der Waals surface area contributed by atoms with E-state index < -0.39 is 6.04 Å². The Morgan fingerprint density at radius 1 is 1.12 bits per heavy atom. The fourth-order valence-corrected chi connectivity index (χ4v) is 2.77. The van der Waals surface area contributed by atoms with E-state index in [0.717, 1.165) is 30.0 Å². The maximum atomic E-state index is 12.1. The van der Waals surface area contributed by atoms with Gasteiger partial charge in [0.05, 0.1) is 0 Å². The first-order valence-corrected chi connectivity index (χ1v) is 8.02. The van der Waals surface area contributed by atoms with E-state index in [2.05, 4.69) is 15.2 Å². The Kier molecular flexibility index (Phi) is 8.69. The summed E-state index contributed by atoms with van der Waals surface area (Å²) in [6.45, 7) is 2.59. The number of nitrogens with two attached hydrogens (primary N) is 1. The SMILES string of the molecule is Cl.Cl.NC(C(=O)NCc1ccc(N2CCCC2)nc1)c1ccccc1. The van der Waals surface area contributed by atoms with Gasteiger partial charge in [-0.25, -0.2) is 4.98 Å². The number of hydrogen-bond acceptors (Lipinski definition) is 4. The molecule has 1 aromatic heterocycles. The van der Waals surface area contributed by atoms with Gasteiger partial charge in [-0.05, 0) is 30.0 Å². The molecule has 1 unspecified atom stereocenters. The average molecular weight is 383 g/mol. The van der Waals surface area contributed by atoms with Crippen LogP contribution in [0.4, 0.5) is 5.82 Å². The molecule has 3 rings (SSSR count). The molecular formula is C18H24Cl2N4O. The van der Waals surface area contributed by atoms with Crippen LogP contribution in [0.5, 0.6) is 0 Å². The highest BCUT2D eigenvalue weighted by atomic mass is 35.5. The maximum absolute atomic E-state index is 12.1. The Bertz CT molecular complexity index is 646. The van der Waals surface area contributed by atoms with E-state index in [9.17, 15) is 4.79 Å². The van der Waals surface area contributed by atoms with Gasteiger partial charge >= 0.3 is 0 Å². The molecule has 1 saturated heterocycles. The summed E-state index contributed by atoms with van der Waals surface area (Å²) in [5, 5.41) is 2.87. The maximum Gasteiger partial charge on any atom is 0.241 e. The number of hydrogen-bond donors (Lipinski definition) is 2. The predicted molar refractivity (Wildman–Crippen MR) is 105 cm³/mol. The van der Waals surface area contributed by atoms with Crippen molar-refractivity contribution in [3.05, 3.63) is 59.8 Å². The minimum atomic E-state index is -0.645. The van der Waals surface area contributed by atoms with Gasteiger partial charge in [-0.15, -0.1) is 24.8 Å². The van der Waals surface area contributed by atoms with E-state index in [1.165, 1.54) is 12.8 Å². The molecule has 1 amide bonds.